The van der Waals surface area contributed by atoms with Crippen LogP contribution in [0.4, 0.5) is 10.1 Å². The summed E-state index contributed by atoms with van der Waals surface area (Å²) >= 11 is 3.17. The summed E-state index contributed by atoms with van der Waals surface area (Å²) in [6.45, 7) is 4.11. The minimum absolute atomic E-state index is 0.132. The van der Waals surface area contributed by atoms with Crippen molar-refractivity contribution in [1.29, 1.82) is 0 Å². The molecule has 1 amide bonds. The molecule has 0 bridgehead atoms. The number of nitrogens with one attached hydrogen (secondary N) is 1. The van der Waals surface area contributed by atoms with Crippen molar-refractivity contribution < 1.29 is 9.18 Å². The molecule has 1 aromatic carbocycles. The van der Waals surface area contributed by atoms with Crippen LogP contribution in [0.1, 0.15) is 33.1 Å². The lowest BCUT2D eigenvalue weighted by Gasteiger charge is -2.11. The van der Waals surface area contributed by atoms with Crippen LogP contribution in [-0.2, 0) is 4.79 Å². The summed E-state index contributed by atoms with van der Waals surface area (Å²) in [7, 11) is 0. The van der Waals surface area contributed by atoms with Gasteiger partial charge in [0.1, 0.15) is 5.82 Å². The zero-order chi connectivity index (χ0) is 12.8. The van der Waals surface area contributed by atoms with Crippen molar-refractivity contribution in [2.45, 2.75) is 33.1 Å². The molecule has 0 radical (unpaired) electrons. The third-order valence-electron chi connectivity index (χ3n) is 2.52. The average Bonchev–Trinajstić information content (AvgIpc) is 2.22. The fraction of sp³-hybridized carbons (Fsp3) is 0.462. The van der Waals surface area contributed by atoms with E-state index < -0.39 is 5.82 Å². The first-order valence-electron chi connectivity index (χ1n) is 5.77. The molecule has 0 aromatic heterocycles. The van der Waals surface area contributed by atoms with Crippen LogP contribution in [0.3, 0.4) is 0 Å². The van der Waals surface area contributed by atoms with Crippen LogP contribution < -0.4 is 5.32 Å². The monoisotopic (exact) mass is 301 g/mol. The maximum absolute atomic E-state index is 13.5. The molecule has 0 heterocycles. The van der Waals surface area contributed by atoms with Crippen molar-refractivity contribution in [3.63, 3.8) is 0 Å². The molecule has 0 fully saturated rings. The Hall–Kier alpha value is -0.900. The van der Waals surface area contributed by atoms with E-state index in [1.54, 1.807) is 12.1 Å². The second-order valence-corrected chi connectivity index (χ2v) is 5.19. The van der Waals surface area contributed by atoms with Crippen molar-refractivity contribution in [3.05, 3.63) is 28.5 Å². The molecule has 94 valence electrons. The van der Waals surface area contributed by atoms with Gasteiger partial charge >= 0.3 is 0 Å². The first-order valence-corrected chi connectivity index (χ1v) is 6.57. The molecule has 1 atom stereocenters. The molecule has 0 aliphatic rings. The standard InChI is InChI=1S/C13H17BrFNO/c1-3-4-9(2)7-13(17)16-12-6-5-10(14)8-11(12)15/h5-6,8-9H,3-4,7H2,1-2H3,(H,16,17). The molecule has 0 saturated heterocycles. The average molecular weight is 302 g/mol. The molecule has 0 spiro atoms. The van der Waals surface area contributed by atoms with Crippen LogP contribution in [0.5, 0.6) is 0 Å². The summed E-state index contributed by atoms with van der Waals surface area (Å²) in [6.07, 6.45) is 2.50. The molecule has 0 aliphatic heterocycles. The molecule has 2 nitrogen and oxygen atoms in total. The number of halogens is 2. The fourth-order valence-electron chi connectivity index (χ4n) is 1.70. The van der Waals surface area contributed by atoms with Crippen molar-refractivity contribution in [2.75, 3.05) is 5.32 Å². The molecule has 1 rings (SSSR count). The van der Waals surface area contributed by atoms with Gasteiger partial charge < -0.3 is 5.32 Å². The van der Waals surface area contributed by atoms with Gasteiger partial charge in [-0.25, -0.2) is 4.39 Å². The second kappa shape index (κ2) is 6.74. The Morgan fingerprint density at radius 1 is 1.53 bits per heavy atom. The summed E-state index contributed by atoms with van der Waals surface area (Å²) in [5.74, 6) is -0.221. The van der Waals surface area contributed by atoms with Gasteiger partial charge in [-0.2, -0.15) is 0 Å². The smallest absolute Gasteiger partial charge is 0.224 e. The van der Waals surface area contributed by atoms with Gasteiger partial charge in [0.25, 0.3) is 0 Å². The quantitative estimate of drug-likeness (QED) is 0.860. The van der Waals surface area contributed by atoms with Crippen LogP contribution in [0, 0.1) is 11.7 Å². The molecule has 4 heteroatoms. The molecule has 1 aromatic rings. The van der Waals surface area contributed by atoms with Crippen LogP contribution in [0.15, 0.2) is 22.7 Å². The van der Waals surface area contributed by atoms with E-state index >= 15 is 0 Å². The molecule has 17 heavy (non-hydrogen) atoms. The minimum Gasteiger partial charge on any atom is -0.324 e. The van der Waals surface area contributed by atoms with Gasteiger partial charge in [-0.3, -0.25) is 4.79 Å². The number of rotatable bonds is 5. The highest BCUT2D eigenvalue weighted by molar-refractivity contribution is 9.10. The third kappa shape index (κ3) is 4.86. The lowest BCUT2D eigenvalue weighted by atomic mass is 10.0. The van der Waals surface area contributed by atoms with Gasteiger partial charge in [-0.15, -0.1) is 0 Å². The van der Waals surface area contributed by atoms with Gasteiger partial charge in [-0.1, -0.05) is 42.6 Å². The Bertz CT molecular complexity index is 395. The van der Waals surface area contributed by atoms with E-state index in [0.717, 1.165) is 12.8 Å². The largest absolute Gasteiger partial charge is 0.324 e. The molecular weight excluding hydrogens is 285 g/mol. The summed E-state index contributed by atoms with van der Waals surface area (Å²) in [5.41, 5.74) is 0.238. The number of hydrogen-bond acceptors (Lipinski definition) is 1. The Morgan fingerprint density at radius 2 is 2.24 bits per heavy atom. The number of hydrogen-bond donors (Lipinski definition) is 1. The molecular formula is C13H17BrFNO. The van der Waals surface area contributed by atoms with Crippen molar-refractivity contribution in [1.82, 2.24) is 0 Å². The zero-order valence-electron chi connectivity index (χ0n) is 10.1. The summed E-state index contributed by atoms with van der Waals surface area (Å²) < 4.78 is 14.1. The number of amides is 1. The van der Waals surface area contributed by atoms with E-state index in [1.165, 1.54) is 6.07 Å². The Labute approximate surface area is 110 Å². The lowest BCUT2D eigenvalue weighted by molar-refractivity contribution is -0.117. The number of carbonyl (C=O) groups is 1. The van der Waals surface area contributed by atoms with Crippen molar-refractivity contribution >= 4 is 27.5 Å². The van der Waals surface area contributed by atoms with Crippen LogP contribution in [0.2, 0.25) is 0 Å². The predicted octanol–water partition coefficient (Wildman–Crippen LogP) is 4.35. The Morgan fingerprint density at radius 3 is 2.82 bits per heavy atom. The van der Waals surface area contributed by atoms with E-state index in [0.29, 0.717) is 16.8 Å². The maximum Gasteiger partial charge on any atom is 0.224 e. The van der Waals surface area contributed by atoms with Gasteiger partial charge in [0, 0.05) is 10.9 Å². The molecule has 0 aliphatic carbocycles. The normalized spacial score (nSPS) is 12.2. The van der Waals surface area contributed by atoms with Gasteiger partial charge in [0.05, 0.1) is 5.69 Å². The molecule has 1 N–H and O–H groups in total. The topological polar surface area (TPSA) is 29.1 Å². The van der Waals surface area contributed by atoms with Crippen LogP contribution in [0.25, 0.3) is 0 Å². The molecule has 0 saturated carbocycles. The van der Waals surface area contributed by atoms with E-state index in [4.69, 9.17) is 0 Å². The fourth-order valence-corrected chi connectivity index (χ4v) is 2.04. The molecule has 1 unspecified atom stereocenters. The highest BCUT2D eigenvalue weighted by Gasteiger charge is 2.10. The van der Waals surface area contributed by atoms with Crippen LogP contribution >= 0.6 is 15.9 Å². The SMILES string of the molecule is CCCC(C)CC(=O)Nc1ccc(Br)cc1F. The Kier molecular flexibility index (Phi) is 5.62. The first kappa shape index (κ1) is 14.2. The highest BCUT2D eigenvalue weighted by atomic mass is 79.9. The summed E-state index contributed by atoms with van der Waals surface area (Å²) in [5, 5.41) is 2.59. The van der Waals surface area contributed by atoms with E-state index in [-0.39, 0.29) is 11.6 Å². The number of anilines is 1. The van der Waals surface area contributed by atoms with E-state index in [1.807, 2.05) is 6.92 Å². The van der Waals surface area contributed by atoms with Gasteiger partial charge in [-0.05, 0) is 24.1 Å². The van der Waals surface area contributed by atoms with E-state index in [9.17, 15) is 9.18 Å². The number of benzene rings is 1. The minimum atomic E-state index is -0.420. The van der Waals surface area contributed by atoms with E-state index in [2.05, 4.69) is 28.2 Å². The predicted molar refractivity (Wildman–Crippen MR) is 71.4 cm³/mol. The van der Waals surface area contributed by atoms with Crippen molar-refractivity contribution in [2.24, 2.45) is 5.92 Å². The summed E-state index contributed by atoms with van der Waals surface area (Å²) in [6, 6.07) is 4.60. The van der Waals surface area contributed by atoms with Gasteiger partial charge in [0.2, 0.25) is 5.91 Å². The van der Waals surface area contributed by atoms with Gasteiger partial charge in [0.15, 0.2) is 0 Å². The first-order chi connectivity index (χ1) is 8.02. The Balaban J connectivity index is 2.56. The second-order valence-electron chi connectivity index (χ2n) is 4.27. The summed E-state index contributed by atoms with van der Waals surface area (Å²) in [4.78, 5) is 11.6. The van der Waals surface area contributed by atoms with Crippen molar-refractivity contribution in [3.8, 4) is 0 Å². The number of carbonyl (C=O) groups excluding carboxylic acids is 1. The third-order valence-corrected chi connectivity index (χ3v) is 3.01. The van der Waals surface area contributed by atoms with Crippen LogP contribution in [-0.4, -0.2) is 5.91 Å². The maximum atomic E-state index is 13.5. The lowest BCUT2D eigenvalue weighted by Crippen LogP contribution is -2.15. The zero-order valence-corrected chi connectivity index (χ0v) is 11.7. The highest BCUT2D eigenvalue weighted by Crippen LogP contribution is 2.20.